The van der Waals surface area contributed by atoms with Crippen molar-refractivity contribution >= 4 is 23.0 Å². The largest absolute Gasteiger partial charge is 0.483 e. The molecule has 1 fully saturated rings. The summed E-state index contributed by atoms with van der Waals surface area (Å²) in [4.78, 5) is 0. The lowest BCUT2D eigenvalue weighted by atomic mass is 9.78. The van der Waals surface area contributed by atoms with Gasteiger partial charge in [0.2, 0.25) is 0 Å². The molecule has 0 aromatic heterocycles. The van der Waals surface area contributed by atoms with Crippen LogP contribution >= 0.6 is 12.2 Å². The number of para-hydroxylation sites is 1. The number of rotatable bonds is 6. The Hall–Kier alpha value is -2.07. The SMILES string of the molecule is CC(C)(C)NC(=S)Nc1ccc(C(C)(CC2CCCCC2)Oc2ccccc2)cc1. The van der Waals surface area contributed by atoms with Crippen LogP contribution in [0.15, 0.2) is 54.6 Å². The Morgan fingerprint density at radius 2 is 1.57 bits per heavy atom. The molecule has 3 nitrogen and oxygen atoms in total. The molecule has 2 aromatic carbocycles. The number of ether oxygens (including phenoxy) is 1. The zero-order valence-corrected chi connectivity index (χ0v) is 19.6. The molecule has 1 aliphatic rings. The van der Waals surface area contributed by atoms with Crippen molar-refractivity contribution in [2.24, 2.45) is 5.92 Å². The monoisotopic (exact) mass is 424 g/mol. The van der Waals surface area contributed by atoms with Crippen molar-refractivity contribution in [1.82, 2.24) is 5.32 Å². The van der Waals surface area contributed by atoms with Gasteiger partial charge < -0.3 is 15.4 Å². The van der Waals surface area contributed by atoms with Crippen molar-refractivity contribution in [2.75, 3.05) is 5.32 Å². The molecule has 3 rings (SSSR count). The molecule has 2 aromatic rings. The minimum atomic E-state index is -0.355. The van der Waals surface area contributed by atoms with Crippen molar-refractivity contribution in [1.29, 1.82) is 0 Å². The second-order valence-corrected chi connectivity index (χ2v) is 10.2. The summed E-state index contributed by atoms with van der Waals surface area (Å²) in [6.07, 6.45) is 7.70. The Morgan fingerprint density at radius 3 is 2.17 bits per heavy atom. The highest BCUT2D eigenvalue weighted by Gasteiger charge is 2.33. The number of benzene rings is 2. The summed E-state index contributed by atoms with van der Waals surface area (Å²) in [5, 5.41) is 7.22. The number of thiocarbonyl (C=S) groups is 1. The third-order valence-electron chi connectivity index (χ3n) is 5.73. The molecule has 30 heavy (non-hydrogen) atoms. The van der Waals surface area contributed by atoms with Gasteiger partial charge in [-0.2, -0.15) is 0 Å². The topological polar surface area (TPSA) is 33.3 Å². The summed E-state index contributed by atoms with van der Waals surface area (Å²) in [5.74, 6) is 1.64. The van der Waals surface area contributed by atoms with Gasteiger partial charge in [0.15, 0.2) is 5.11 Å². The van der Waals surface area contributed by atoms with Gasteiger partial charge in [-0.15, -0.1) is 0 Å². The summed E-state index contributed by atoms with van der Waals surface area (Å²) < 4.78 is 6.62. The van der Waals surface area contributed by atoms with Crippen LogP contribution in [0.4, 0.5) is 5.69 Å². The quantitative estimate of drug-likeness (QED) is 0.487. The maximum absolute atomic E-state index is 6.62. The van der Waals surface area contributed by atoms with Gasteiger partial charge in [-0.05, 0) is 82.1 Å². The van der Waals surface area contributed by atoms with E-state index in [1.54, 1.807) is 0 Å². The molecule has 0 aliphatic heterocycles. The third kappa shape index (κ3) is 6.73. The van der Waals surface area contributed by atoms with Crippen molar-refractivity contribution < 1.29 is 4.74 Å². The van der Waals surface area contributed by atoms with Gasteiger partial charge in [0, 0.05) is 11.2 Å². The zero-order valence-electron chi connectivity index (χ0n) is 18.8. The van der Waals surface area contributed by atoms with Crippen LogP contribution in [0, 0.1) is 5.92 Å². The van der Waals surface area contributed by atoms with E-state index in [4.69, 9.17) is 17.0 Å². The Labute approximate surface area is 187 Å². The second-order valence-electron chi connectivity index (χ2n) is 9.76. The van der Waals surface area contributed by atoms with Gasteiger partial charge in [-0.25, -0.2) is 0 Å². The Kier molecular flexibility index (Phi) is 7.41. The first-order chi connectivity index (χ1) is 14.2. The average molecular weight is 425 g/mol. The highest BCUT2D eigenvalue weighted by Crippen LogP contribution is 2.39. The summed E-state index contributed by atoms with van der Waals surface area (Å²) in [7, 11) is 0. The number of nitrogens with one attached hydrogen (secondary N) is 2. The van der Waals surface area contributed by atoms with E-state index < -0.39 is 0 Å². The first-order valence-electron chi connectivity index (χ1n) is 11.2. The van der Waals surface area contributed by atoms with Gasteiger partial charge in [-0.1, -0.05) is 62.4 Å². The van der Waals surface area contributed by atoms with Crippen molar-refractivity contribution in [3.63, 3.8) is 0 Å². The second kappa shape index (κ2) is 9.82. The predicted octanol–water partition coefficient (Wildman–Crippen LogP) is 7.04. The lowest BCUT2D eigenvalue weighted by molar-refractivity contribution is 0.0502. The minimum Gasteiger partial charge on any atom is -0.483 e. The van der Waals surface area contributed by atoms with E-state index in [1.165, 1.54) is 37.7 Å². The van der Waals surface area contributed by atoms with Gasteiger partial charge in [-0.3, -0.25) is 0 Å². The predicted molar refractivity (Wildman–Crippen MR) is 131 cm³/mol. The van der Waals surface area contributed by atoms with E-state index in [2.05, 4.69) is 62.6 Å². The molecule has 1 aliphatic carbocycles. The maximum Gasteiger partial charge on any atom is 0.171 e. The first-order valence-corrected chi connectivity index (χ1v) is 11.6. The molecular formula is C26H36N2OS. The molecule has 0 spiro atoms. The van der Waals surface area contributed by atoms with Crippen LogP contribution in [0.5, 0.6) is 5.75 Å². The highest BCUT2D eigenvalue weighted by atomic mass is 32.1. The van der Waals surface area contributed by atoms with E-state index in [-0.39, 0.29) is 11.1 Å². The van der Waals surface area contributed by atoms with Crippen LogP contribution in [-0.4, -0.2) is 10.7 Å². The van der Waals surface area contributed by atoms with Gasteiger partial charge in [0.25, 0.3) is 0 Å². The number of hydrogen-bond donors (Lipinski definition) is 2. The summed E-state index contributed by atoms with van der Waals surface area (Å²) in [6.45, 7) is 8.54. The van der Waals surface area contributed by atoms with E-state index in [0.29, 0.717) is 11.0 Å². The van der Waals surface area contributed by atoms with Crippen molar-refractivity contribution in [3.8, 4) is 5.75 Å². The van der Waals surface area contributed by atoms with Gasteiger partial charge >= 0.3 is 0 Å². The fraction of sp³-hybridized carbons (Fsp3) is 0.500. The highest BCUT2D eigenvalue weighted by molar-refractivity contribution is 7.80. The minimum absolute atomic E-state index is 0.0634. The lowest BCUT2D eigenvalue weighted by Crippen LogP contribution is -2.42. The third-order valence-corrected chi connectivity index (χ3v) is 5.94. The number of hydrogen-bond acceptors (Lipinski definition) is 2. The van der Waals surface area contributed by atoms with Gasteiger partial charge in [0.05, 0.1) is 0 Å². The number of anilines is 1. The molecule has 0 saturated heterocycles. The van der Waals surface area contributed by atoms with Crippen LogP contribution < -0.4 is 15.4 Å². The maximum atomic E-state index is 6.62. The van der Waals surface area contributed by atoms with Crippen LogP contribution in [0.3, 0.4) is 0 Å². The molecule has 0 radical (unpaired) electrons. The molecule has 162 valence electrons. The summed E-state index contributed by atoms with van der Waals surface area (Å²) in [6, 6.07) is 18.7. The molecule has 0 bridgehead atoms. The standard InChI is InChI=1S/C26H36N2OS/c1-25(2,3)28-24(30)27-22-17-15-21(16-18-22)26(4,19-20-11-7-5-8-12-20)29-23-13-9-6-10-14-23/h6,9-10,13-18,20H,5,7-8,11-12,19H2,1-4H3,(H2,27,28,30). The zero-order chi connectivity index (χ0) is 21.6. The molecule has 4 heteroatoms. The van der Waals surface area contributed by atoms with Crippen molar-refractivity contribution in [2.45, 2.75) is 77.4 Å². The van der Waals surface area contributed by atoms with Crippen LogP contribution in [0.2, 0.25) is 0 Å². The molecule has 1 unspecified atom stereocenters. The normalized spacial score (nSPS) is 17.1. The Balaban J connectivity index is 1.77. The molecule has 0 heterocycles. The lowest BCUT2D eigenvalue weighted by Gasteiger charge is -2.36. The van der Waals surface area contributed by atoms with Crippen LogP contribution in [-0.2, 0) is 5.60 Å². The smallest absolute Gasteiger partial charge is 0.171 e. The van der Waals surface area contributed by atoms with Crippen LogP contribution in [0.1, 0.15) is 71.8 Å². The molecular weight excluding hydrogens is 388 g/mol. The van der Waals surface area contributed by atoms with E-state index in [9.17, 15) is 0 Å². The fourth-order valence-corrected chi connectivity index (χ4v) is 4.74. The summed E-state index contributed by atoms with van der Waals surface area (Å²) >= 11 is 5.44. The average Bonchev–Trinajstić information content (AvgIpc) is 2.68. The summed E-state index contributed by atoms with van der Waals surface area (Å²) in [5.41, 5.74) is 1.77. The van der Waals surface area contributed by atoms with E-state index in [0.717, 1.165) is 17.9 Å². The molecule has 1 atom stereocenters. The Bertz CT molecular complexity index is 807. The van der Waals surface area contributed by atoms with E-state index in [1.807, 2.05) is 30.3 Å². The van der Waals surface area contributed by atoms with Gasteiger partial charge in [0.1, 0.15) is 11.4 Å². The molecule has 1 saturated carbocycles. The molecule has 0 amide bonds. The van der Waals surface area contributed by atoms with E-state index >= 15 is 0 Å². The van der Waals surface area contributed by atoms with Crippen molar-refractivity contribution in [3.05, 3.63) is 60.2 Å². The first kappa shape index (κ1) is 22.6. The Morgan fingerprint density at radius 1 is 0.933 bits per heavy atom. The molecule has 2 N–H and O–H groups in total. The fourth-order valence-electron chi connectivity index (χ4n) is 4.32. The van der Waals surface area contributed by atoms with Crippen LogP contribution in [0.25, 0.3) is 0 Å².